The SMILES string of the molecule is COc1ccc(CCNC(=S)N2CCN(Cc3cccc(Cl)c3)CC2)cc1OC. The average molecular weight is 434 g/mol. The Balaban J connectivity index is 1.41. The molecule has 1 N–H and O–H groups in total. The van der Waals surface area contributed by atoms with Gasteiger partial charge in [-0.05, 0) is 54.0 Å². The number of hydrogen-bond acceptors (Lipinski definition) is 4. The second-order valence-electron chi connectivity index (χ2n) is 7.06. The molecule has 1 fully saturated rings. The van der Waals surface area contributed by atoms with Crippen molar-refractivity contribution in [2.75, 3.05) is 46.9 Å². The quantitative estimate of drug-likeness (QED) is 0.672. The van der Waals surface area contributed by atoms with Gasteiger partial charge in [-0.2, -0.15) is 0 Å². The lowest BCUT2D eigenvalue weighted by Gasteiger charge is -2.36. The van der Waals surface area contributed by atoms with E-state index in [-0.39, 0.29) is 0 Å². The molecule has 0 amide bonds. The Bertz CT molecular complexity index is 825. The molecule has 0 aliphatic carbocycles. The molecule has 1 saturated heterocycles. The number of nitrogens with zero attached hydrogens (tertiary/aromatic N) is 2. The van der Waals surface area contributed by atoms with Crippen molar-refractivity contribution in [3.8, 4) is 11.5 Å². The monoisotopic (exact) mass is 433 g/mol. The minimum atomic E-state index is 0.746. The van der Waals surface area contributed by atoms with E-state index in [1.54, 1.807) is 14.2 Å². The van der Waals surface area contributed by atoms with Crippen LogP contribution < -0.4 is 14.8 Å². The van der Waals surface area contributed by atoms with Crippen LogP contribution in [0.2, 0.25) is 5.02 Å². The van der Waals surface area contributed by atoms with Gasteiger partial charge in [0.2, 0.25) is 0 Å². The average Bonchev–Trinajstić information content (AvgIpc) is 2.74. The number of halogens is 1. The molecule has 0 atom stereocenters. The molecule has 1 heterocycles. The lowest BCUT2D eigenvalue weighted by molar-refractivity contribution is 0.174. The van der Waals surface area contributed by atoms with E-state index in [1.807, 2.05) is 30.3 Å². The van der Waals surface area contributed by atoms with Crippen molar-refractivity contribution in [2.24, 2.45) is 0 Å². The van der Waals surface area contributed by atoms with E-state index < -0.39 is 0 Å². The number of piperazine rings is 1. The Morgan fingerprint density at radius 2 is 1.76 bits per heavy atom. The van der Waals surface area contributed by atoms with Crippen LogP contribution in [0.1, 0.15) is 11.1 Å². The van der Waals surface area contributed by atoms with Gasteiger partial charge in [0.05, 0.1) is 14.2 Å². The zero-order valence-electron chi connectivity index (χ0n) is 17.0. The van der Waals surface area contributed by atoms with Gasteiger partial charge >= 0.3 is 0 Å². The Morgan fingerprint density at radius 3 is 2.45 bits per heavy atom. The highest BCUT2D eigenvalue weighted by Crippen LogP contribution is 2.27. The number of benzene rings is 2. The summed E-state index contributed by atoms with van der Waals surface area (Å²) in [6.07, 6.45) is 0.870. The molecule has 156 valence electrons. The van der Waals surface area contributed by atoms with Crippen molar-refractivity contribution in [3.05, 3.63) is 58.6 Å². The fourth-order valence-corrected chi connectivity index (χ4v) is 3.96. The van der Waals surface area contributed by atoms with Gasteiger partial charge in [-0.25, -0.2) is 0 Å². The molecule has 0 aromatic heterocycles. The molecular weight excluding hydrogens is 406 g/mol. The Morgan fingerprint density at radius 1 is 1.00 bits per heavy atom. The third-order valence-electron chi connectivity index (χ3n) is 5.09. The topological polar surface area (TPSA) is 37.0 Å². The van der Waals surface area contributed by atoms with Crippen molar-refractivity contribution < 1.29 is 9.47 Å². The Hall–Kier alpha value is -2.02. The first kappa shape index (κ1) is 21.7. The lowest BCUT2D eigenvalue weighted by Crippen LogP contribution is -2.51. The van der Waals surface area contributed by atoms with Crippen molar-refractivity contribution in [2.45, 2.75) is 13.0 Å². The van der Waals surface area contributed by atoms with Crippen LogP contribution in [0.25, 0.3) is 0 Å². The second-order valence-corrected chi connectivity index (χ2v) is 7.89. The van der Waals surface area contributed by atoms with E-state index in [1.165, 1.54) is 11.1 Å². The number of methoxy groups -OCH3 is 2. The molecule has 29 heavy (non-hydrogen) atoms. The number of rotatable bonds is 7. The molecule has 7 heteroatoms. The molecule has 1 aliphatic heterocycles. The minimum Gasteiger partial charge on any atom is -0.493 e. The van der Waals surface area contributed by atoms with Crippen molar-refractivity contribution in [1.82, 2.24) is 15.1 Å². The summed E-state index contributed by atoms with van der Waals surface area (Å²) in [5.74, 6) is 1.50. The first-order valence-electron chi connectivity index (χ1n) is 9.79. The minimum absolute atomic E-state index is 0.746. The van der Waals surface area contributed by atoms with E-state index in [4.69, 9.17) is 33.3 Å². The van der Waals surface area contributed by atoms with E-state index in [9.17, 15) is 0 Å². The normalized spacial score (nSPS) is 14.5. The highest BCUT2D eigenvalue weighted by Gasteiger charge is 2.19. The van der Waals surface area contributed by atoms with Crippen LogP contribution in [-0.4, -0.2) is 61.9 Å². The molecule has 3 rings (SSSR count). The highest BCUT2D eigenvalue weighted by molar-refractivity contribution is 7.80. The third-order valence-corrected chi connectivity index (χ3v) is 5.73. The van der Waals surface area contributed by atoms with Gasteiger partial charge in [0, 0.05) is 44.3 Å². The third kappa shape index (κ3) is 6.23. The van der Waals surface area contributed by atoms with Gasteiger partial charge in [0.1, 0.15) is 0 Å². The molecule has 0 spiro atoms. The van der Waals surface area contributed by atoms with Gasteiger partial charge in [-0.3, -0.25) is 4.90 Å². The standard InChI is InChI=1S/C22H28ClN3O2S/c1-27-20-7-6-17(15-21(20)28-2)8-9-24-22(29)26-12-10-25(11-13-26)16-18-4-3-5-19(23)14-18/h3-7,14-15H,8-13,16H2,1-2H3,(H,24,29). The molecule has 5 nitrogen and oxygen atoms in total. The summed E-state index contributed by atoms with van der Waals surface area (Å²) in [7, 11) is 3.30. The summed E-state index contributed by atoms with van der Waals surface area (Å²) in [5.41, 5.74) is 2.44. The van der Waals surface area contributed by atoms with Gasteiger partial charge < -0.3 is 19.7 Å². The summed E-state index contributed by atoms with van der Waals surface area (Å²) in [5, 5.41) is 5.01. The maximum atomic E-state index is 6.09. The molecule has 2 aromatic carbocycles. The number of thiocarbonyl (C=S) groups is 1. The summed E-state index contributed by atoms with van der Waals surface area (Å²) < 4.78 is 10.7. The molecule has 0 unspecified atom stereocenters. The zero-order chi connectivity index (χ0) is 20.6. The van der Waals surface area contributed by atoms with Crippen LogP contribution >= 0.6 is 23.8 Å². The molecule has 1 aliphatic rings. The van der Waals surface area contributed by atoms with E-state index in [0.717, 1.165) is 67.3 Å². The maximum absolute atomic E-state index is 6.09. The van der Waals surface area contributed by atoms with Crippen LogP contribution in [0.5, 0.6) is 11.5 Å². The van der Waals surface area contributed by atoms with Gasteiger partial charge in [0.15, 0.2) is 16.6 Å². The molecule has 0 radical (unpaired) electrons. The zero-order valence-corrected chi connectivity index (χ0v) is 18.6. The van der Waals surface area contributed by atoms with Gasteiger partial charge in [-0.1, -0.05) is 29.8 Å². The van der Waals surface area contributed by atoms with E-state index in [0.29, 0.717) is 0 Å². The second kappa shape index (κ2) is 10.7. The number of ether oxygens (including phenoxy) is 2. The smallest absolute Gasteiger partial charge is 0.169 e. The Labute approximate surface area is 183 Å². The molecular formula is C22H28ClN3O2S. The molecule has 2 aromatic rings. The summed E-state index contributed by atoms with van der Waals surface area (Å²) in [6.45, 7) is 5.56. The van der Waals surface area contributed by atoms with Crippen LogP contribution in [0.4, 0.5) is 0 Å². The van der Waals surface area contributed by atoms with Crippen LogP contribution in [0.3, 0.4) is 0 Å². The van der Waals surface area contributed by atoms with Gasteiger partial charge in [-0.15, -0.1) is 0 Å². The van der Waals surface area contributed by atoms with Crippen LogP contribution in [-0.2, 0) is 13.0 Å². The largest absolute Gasteiger partial charge is 0.493 e. The van der Waals surface area contributed by atoms with Gasteiger partial charge in [0.25, 0.3) is 0 Å². The fourth-order valence-electron chi connectivity index (χ4n) is 3.46. The highest BCUT2D eigenvalue weighted by atomic mass is 35.5. The lowest BCUT2D eigenvalue weighted by atomic mass is 10.1. The first-order chi connectivity index (χ1) is 14.1. The predicted octanol–water partition coefficient (Wildman–Crippen LogP) is 3.59. The van der Waals surface area contributed by atoms with E-state index >= 15 is 0 Å². The summed E-state index contributed by atoms with van der Waals surface area (Å²) in [4.78, 5) is 4.69. The summed E-state index contributed by atoms with van der Waals surface area (Å²) in [6, 6.07) is 14.1. The fraction of sp³-hybridized carbons (Fsp3) is 0.409. The van der Waals surface area contributed by atoms with Crippen LogP contribution in [0.15, 0.2) is 42.5 Å². The maximum Gasteiger partial charge on any atom is 0.169 e. The van der Waals surface area contributed by atoms with Crippen molar-refractivity contribution in [1.29, 1.82) is 0 Å². The number of nitrogens with one attached hydrogen (secondary N) is 1. The van der Waals surface area contributed by atoms with Crippen LogP contribution in [0, 0.1) is 0 Å². The Kier molecular flexibility index (Phi) is 7.98. The van der Waals surface area contributed by atoms with Crippen molar-refractivity contribution in [3.63, 3.8) is 0 Å². The predicted molar refractivity (Wildman–Crippen MR) is 122 cm³/mol. The number of hydrogen-bond donors (Lipinski definition) is 1. The molecule has 0 saturated carbocycles. The van der Waals surface area contributed by atoms with Crippen molar-refractivity contribution >= 4 is 28.9 Å². The first-order valence-corrected chi connectivity index (χ1v) is 10.6. The van der Waals surface area contributed by atoms with E-state index in [2.05, 4.69) is 27.2 Å². The summed E-state index contributed by atoms with van der Waals surface area (Å²) >= 11 is 11.7. The molecule has 0 bridgehead atoms.